The zero-order chi connectivity index (χ0) is 29.5. The SMILES string of the molecule is C[C@@H]1CN([C@H](C)CO)C(=O)c2ccccc2-c2ccccc2CO[C@@H]1CN(C)Cc1ccc(Oc2ccccc2)cc1. The molecule has 6 nitrogen and oxygen atoms in total. The summed E-state index contributed by atoms with van der Waals surface area (Å²) in [5.74, 6) is 1.58. The van der Waals surface area contributed by atoms with Crippen molar-refractivity contribution in [2.24, 2.45) is 5.92 Å². The van der Waals surface area contributed by atoms with Crippen LogP contribution in [0.1, 0.15) is 35.3 Å². The largest absolute Gasteiger partial charge is 0.457 e. The van der Waals surface area contributed by atoms with Crippen molar-refractivity contribution in [2.45, 2.75) is 39.1 Å². The lowest BCUT2D eigenvalue weighted by Gasteiger charge is -2.35. The van der Waals surface area contributed by atoms with Crippen molar-refractivity contribution in [3.05, 3.63) is 120 Å². The second-order valence-corrected chi connectivity index (χ2v) is 11.3. The number of aliphatic hydroxyl groups is 1. The highest BCUT2D eigenvalue weighted by atomic mass is 16.5. The second kappa shape index (κ2) is 13.8. The van der Waals surface area contributed by atoms with E-state index in [0.29, 0.717) is 25.3 Å². The minimum atomic E-state index is -0.320. The van der Waals surface area contributed by atoms with Crippen LogP contribution in [-0.4, -0.2) is 59.7 Å². The van der Waals surface area contributed by atoms with Gasteiger partial charge in [-0.1, -0.05) is 79.7 Å². The van der Waals surface area contributed by atoms with Gasteiger partial charge in [0.2, 0.25) is 0 Å². The number of carbonyl (C=O) groups excluding carboxylic acids is 1. The Bertz CT molecular complexity index is 1460. The molecule has 0 spiro atoms. The average molecular weight is 565 g/mol. The van der Waals surface area contributed by atoms with Gasteiger partial charge in [0, 0.05) is 31.1 Å². The maximum Gasteiger partial charge on any atom is 0.254 e. The van der Waals surface area contributed by atoms with Gasteiger partial charge in [0.25, 0.3) is 5.91 Å². The fourth-order valence-electron chi connectivity index (χ4n) is 5.52. The van der Waals surface area contributed by atoms with Crippen LogP contribution in [-0.2, 0) is 17.9 Å². The van der Waals surface area contributed by atoms with Crippen molar-refractivity contribution in [1.29, 1.82) is 0 Å². The number of benzene rings is 4. The molecule has 0 fully saturated rings. The topological polar surface area (TPSA) is 62.2 Å². The summed E-state index contributed by atoms with van der Waals surface area (Å²) in [6.07, 6.45) is -0.133. The van der Waals surface area contributed by atoms with Crippen LogP contribution in [0.25, 0.3) is 11.1 Å². The normalized spacial score (nSPS) is 18.1. The standard InChI is InChI=1S/C36H40N2O4/c1-26-21-38(27(2)24-39)36(40)34-16-10-9-15-33(34)32-14-8-7-11-29(32)25-41-35(26)23-37(3)22-28-17-19-31(20-18-28)42-30-12-5-4-6-13-30/h4-20,26-27,35,39H,21-25H2,1-3H3/t26-,27-,35-/m1/s1. The molecule has 1 heterocycles. The van der Waals surface area contributed by atoms with Crippen molar-refractivity contribution in [3.63, 3.8) is 0 Å². The Labute approximate surface area is 249 Å². The molecule has 42 heavy (non-hydrogen) atoms. The smallest absolute Gasteiger partial charge is 0.254 e. The maximum atomic E-state index is 14.0. The molecular formula is C36H40N2O4. The summed E-state index contributed by atoms with van der Waals surface area (Å²) < 4.78 is 12.6. The van der Waals surface area contributed by atoms with Gasteiger partial charge in [-0.15, -0.1) is 0 Å². The highest BCUT2D eigenvalue weighted by Gasteiger charge is 2.30. The fourth-order valence-corrected chi connectivity index (χ4v) is 5.52. The van der Waals surface area contributed by atoms with Gasteiger partial charge >= 0.3 is 0 Å². The van der Waals surface area contributed by atoms with Gasteiger partial charge in [-0.25, -0.2) is 0 Å². The monoisotopic (exact) mass is 564 g/mol. The van der Waals surface area contributed by atoms with Crippen LogP contribution in [0.3, 0.4) is 0 Å². The first-order valence-electron chi connectivity index (χ1n) is 14.6. The predicted molar refractivity (Wildman–Crippen MR) is 166 cm³/mol. The first-order chi connectivity index (χ1) is 20.4. The molecule has 1 amide bonds. The summed E-state index contributed by atoms with van der Waals surface area (Å²) in [7, 11) is 2.10. The number of carbonyl (C=O) groups is 1. The third-order valence-corrected chi connectivity index (χ3v) is 7.94. The molecule has 4 aromatic carbocycles. The number of nitrogens with zero attached hydrogens (tertiary/aromatic N) is 2. The molecule has 1 aliphatic heterocycles. The zero-order valence-electron chi connectivity index (χ0n) is 24.6. The van der Waals surface area contributed by atoms with E-state index in [1.165, 1.54) is 5.56 Å². The molecule has 0 unspecified atom stereocenters. The molecule has 0 saturated heterocycles. The van der Waals surface area contributed by atoms with E-state index in [1.807, 2.05) is 85.8 Å². The van der Waals surface area contributed by atoms with E-state index in [1.54, 1.807) is 4.90 Å². The highest BCUT2D eigenvalue weighted by molar-refractivity contribution is 6.01. The maximum absolute atomic E-state index is 14.0. The first kappa shape index (κ1) is 29.5. The van der Waals surface area contributed by atoms with E-state index in [2.05, 4.69) is 43.1 Å². The van der Waals surface area contributed by atoms with Crippen molar-refractivity contribution in [1.82, 2.24) is 9.80 Å². The molecule has 0 aliphatic carbocycles. The molecule has 0 aromatic heterocycles. The Morgan fingerprint density at radius 3 is 2.21 bits per heavy atom. The fraction of sp³-hybridized carbons (Fsp3) is 0.306. The molecule has 1 aliphatic rings. The van der Waals surface area contributed by atoms with E-state index < -0.39 is 0 Å². The number of likely N-dealkylation sites (N-methyl/N-ethyl adjacent to an activating group) is 1. The van der Waals surface area contributed by atoms with Gasteiger partial charge in [0.1, 0.15) is 11.5 Å². The van der Waals surface area contributed by atoms with Gasteiger partial charge in [0.05, 0.1) is 25.4 Å². The predicted octanol–water partition coefficient (Wildman–Crippen LogP) is 6.64. The Morgan fingerprint density at radius 1 is 0.881 bits per heavy atom. The van der Waals surface area contributed by atoms with Crippen LogP contribution in [0.4, 0.5) is 0 Å². The van der Waals surface area contributed by atoms with Gasteiger partial charge in [0.15, 0.2) is 0 Å². The highest BCUT2D eigenvalue weighted by Crippen LogP contribution is 2.31. The molecule has 5 rings (SSSR count). The summed E-state index contributed by atoms with van der Waals surface area (Å²) in [6.45, 7) is 6.29. The lowest BCUT2D eigenvalue weighted by Crippen LogP contribution is -2.47. The number of rotatable bonds is 8. The molecule has 0 radical (unpaired) electrons. The number of hydrogen-bond donors (Lipinski definition) is 1. The minimum absolute atomic E-state index is 0.0319. The third kappa shape index (κ3) is 7.08. The lowest BCUT2D eigenvalue weighted by molar-refractivity contribution is -0.0241. The van der Waals surface area contributed by atoms with E-state index >= 15 is 0 Å². The van der Waals surface area contributed by atoms with Crippen LogP contribution in [0.5, 0.6) is 11.5 Å². The number of aliphatic hydroxyl groups excluding tert-OH is 1. The number of para-hydroxylation sites is 1. The van der Waals surface area contributed by atoms with Crippen LogP contribution in [0.15, 0.2) is 103 Å². The van der Waals surface area contributed by atoms with Gasteiger partial charge in [-0.3, -0.25) is 9.69 Å². The van der Waals surface area contributed by atoms with E-state index in [-0.39, 0.29) is 30.6 Å². The van der Waals surface area contributed by atoms with Gasteiger partial charge in [-0.05, 0) is 66.6 Å². The van der Waals surface area contributed by atoms with Crippen molar-refractivity contribution < 1.29 is 19.4 Å². The van der Waals surface area contributed by atoms with E-state index in [9.17, 15) is 9.90 Å². The molecule has 0 bridgehead atoms. The van der Waals surface area contributed by atoms with Crippen LogP contribution >= 0.6 is 0 Å². The summed E-state index contributed by atoms with van der Waals surface area (Å²) in [6, 6.07) is 33.5. The summed E-state index contributed by atoms with van der Waals surface area (Å²) in [4.78, 5) is 18.1. The number of amides is 1. The Hall–Kier alpha value is -3.97. The third-order valence-electron chi connectivity index (χ3n) is 7.94. The zero-order valence-corrected chi connectivity index (χ0v) is 24.6. The Balaban J connectivity index is 1.35. The van der Waals surface area contributed by atoms with Crippen molar-refractivity contribution in [2.75, 3.05) is 26.7 Å². The van der Waals surface area contributed by atoms with Crippen LogP contribution in [0.2, 0.25) is 0 Å². The second-order valence-electron chi connectivity index (χ2n) is 11.3. The van der Waals surface area contributed by atoms with Crippen molar-refractivity contribution >= 4 is 5.91 Å². The number of ether oxygens (including phenoxy) is 2. The molecule has 6 heteroatoms. The first-order valence-corrected chi connectivity index (χ1v) is 14.6. The summed E-state index contributed by atoms with van der Waals surface area (Å²) >= 11 is 0. The number of hydrogen-bond acceptors (Lipinski definition) is 5. The molecule has 218 valence electrons. The van der Waals surface area contributed by atoms with Gasteiger partial charge in [-0.2, -0.15) is 0 Å². The average Bonchev–Trinajstić information content (AvgIpc) is 3.03. The lowest BCUT2D eigenvalue weighted by atomic mass is 9.94. The van der Waals surface area contributed by atoms with Gasteiger partial charge < -0.3 is 19.5 Å². The van der Waals surface area contributed by atoms with Crippen LogP contribution < -0.4 is 4.74 Å². The summed E-state index contributed by atoms with van der Waals surface area (Å²) in [5.41, 5.74) is 4.76. The number of fused-ring (bicyclic) bond motifs is 3. The Morgan fingerprint density at radius 2 is 1.50 bits per heavy atom. The quantitative estimate of drug-likeness (QED) is 0.260. The molecule has 4 aromatic rings. The van der Waals surface area contributed by atoms with E-state index in [0.717, 1.165) is 34.7 Å². The molecule has 1 N–H and O–H groups in total. The molecule has 0 saturated carbocycles. The minimum Gasteiger partial charge on any atom is -0.457 e. The summed E-state index contributed by atoms with van der Waals surface area (Å²) in [5, 5.41) is 10.1. The molecular weight excluding hydrogens is 524 g/mol. The molecule has 3 atom stereocenters. The van der Waals surface area contributed by atoms with Crippen molar-refractivity contribution in [3.8, 4) is 22.6 Å². The van der Waals surface area contributed by atoms with E-state index in [4.69, 9.17) is 9.47 Å². The Kier molecular flexibility index (Phi) is 9.70. The van der Waals surface area contributed by atoms with Crippen LogP contribution in [0, 0.1) is 5.92 Å².